The molecule has 9 aromatic carbocycles. The molecule has 5 nitrogen and oxygen atoms in total. The van der Waals surface area contributed by atoms with Crippen LogP contribution in [0.25, 0.3) is 111 Å². The molecular formula is C59H34N4O. The first kappa shape index (κ1) is 35.1. The summed E-state index contributed by atoms with van der Waals surface area (Å²) in [7, 11) is 0. The molecule has 64 heavy (non-hydrogen) atoms. The first-order chi connectivity index (χ1) is 31.7. The predicted octanol–water partition coefficient (Wildman–Crippen LogP) is 14.5. The fourth-order valence-electron chi connectivity index (χ4n) is 10.8. The smallest absolute Gasteiger partial charge is 0.160 e. The van der Waals surface area contributed by atoms with Crippen molar-refractivity contribution in [2.24, 2.45) is 0 Å². The molecule has 5 heteroatoms. The third-order valence-corrected chi connectivity index (χ3v) is 13.5. The minimum absolute atomic E-state index is 0.599. The van der Waals surface area contributed by atoms with Crippen LogP contribution >= 0.6 is 0 Å². The van der Waals surface area contributed by atoms with Crippen molar-refractivity contribution in [3.05, 3.63) is 229 Å². The van der Waals surface area contributed by atoms with Crippen LogP contribution in [0, 0.1) is 0 Å². The number of benzene rings is 9. The van der Waals surface area contributed by atoms with Crippen molar-refractivity contribution in [3.63, 3.8) is 0 Å². The number of hydrogen-bond acceptors (Lipinski definition) is 5. The van der Waals surface area contributed by atoms with Crippen LogP contribution in [0.15, 0.2) is 211 Å². The van der Waals surface area contributed by atoms with E-state index in [9.17, 15) is 0 Å². The lowest BCUT2D eigenvalue weighted by molar-refractivity contribution is 0.669. The highest BCUT2D eigenvalue weighted by atomic mass is 16.3. The van der Waals surface area contributed by atoms with Crippen molar-refractivity contribution in [2.75, 3.05) is 0 Å². The van der Waals surface area contributed by atoms with Gasteiger partial charge in [0.05, 0.1) is 27.8 Å². The fourth-order valence-corrected chi connectivity index (χ4v) is 10.8. The van der Waals surface area contributed by atoms with E-state index in [1.54, 1.807) is 0 Å². The molecule has 0 amide bonds. The molecule has 1 spiro atoms. The van der Waals surface area contributed by atoms with Gasteiger partial charge in [0, 0.05) is 49.4 Å². The largest absolute Gasteiger partial charge is 0.455 e. The first-order valence-electron chi connectivity index (χ1n) is 21.7. The maximum Gasteiger partial charge on any atom is 0.160 e. The third-order valence-electron chi connectivity index (χ3n) is 13.5. The summed E-state index contributed by atoms with van der Waals surface area (Å²) in [5.41, 5.74) is 18.5. The van der Waals surface area contributed by atoms with Crippen molar-refractivity contribution < 1.29 is 4.42 Å². The van der Waals surface area contributed by atoms with E-state index >= 15 is 0 Å². The second-order valence-electron chi connectivity index (χ2n) is 16.8. The quantitative estimate of drug-likeness (QED) is 0.177. The zero-order chi connectivity index (χ0) is 41.9. The number of rotatable bonds is 4. The number of nitrogens with zero attached hydrogens (tertiary/aromatic N) is 4. The molecule has 1 atom stereocenters. The summed E-state index contributed by atoms with van der Waals surface area (Å²) in [6.07, 6.45) is 0. The Balaban J connectivity index is 0.982. The lowest BCUT2D eigenvalue weighted by Gasteiger charge is -2.30. The Hall–Kier alpha value is -8.54. The van der Waals surface area contributed by atoms with Crippen LogP contribution < -0.4 is 0 Å². The van der Waals surface area contributed by atoms with Crippen LogP contribution in [-0.2, 0) is 5.41 Å². The molecule has 1 unspecified atom stereocenters. The Bertz CT molecular complexity index is 3910. The molecule has 3 heterocycles. The summed E-state index contributed by atoms with van der Waals surface area (Å²) in [5, 5.41) is 4.15. The van der Waals surface area contributed by atoms with E-state index in [2.05, 4.69) is 176 Å². The highest BCUT2D eigenvalue weighted by Gasteiger charge is 2.52. The molecule has 3 aromatic heterocycles. The minimum Gasteiger partial charge on any atom is -0.455 e. The van der Waals surface area contributed by atoms with Crippen LogP contribution in [0.1, 0.15) is 22.3 Å². The van der Waals surface area contributed by atoms with Gasteiger partial charge in [0.15, 0.2) is 11.6 Å². The van der Waals surface area contributed by atoms with Crippen LogP contribution in [0.3, 0.4) is 0 Å². The van der Waals surface area contributed by atoms with E-state index in [4.69, 9.17) is 24.4 Å². The first-order valence-corrected chi connectivity index (χ1v) is 21.7. The van der Waals surface area contributed by atoms with E-state index in [1.807, 2.05) is 30.3 Å². The molecule has 14 rings (SSSR count). The monoisotopic (exact) mass is 814 g/mol. The van der Waals surface area contributed by atoms with Gasteiger partial charge in [0.25, 0.3) is 0 Å². The highest BCUT2D eigenvalue weighted by Crippen LogP contribution is 2.64. The van der Waals surface area contributed by atoms with Crippen molar-refractivity contribution >= 4 is 43.7 Å². The second-order valence-corrected chi connectivity index (χ2v) is 16.8. The van der Waals surface area contributed by atoms with Gasteiger partial charge in [-0.15, -0.1) is 0 Å². The molecule has 0 aliphatic heterocycles. The molecule has 296 valence electrons. The number of para-hydroxylation sites is 2. The van der Waals surface area contributed by atoms with Crippen LogP contribution in [0.2, 0.25) is 0 Å². The van der Waals surface area contributed by atoms with Gasteiger partial charge < -0.3 is 4.42 Å². The lowest BCUT2D eigenvalue weighted by atomic mass is 9.70. The molecule has 2 aliphatic carbocycles. The second kappa shape index (κ2) is 13.2. The van der Waals surface area contributed by atoms with Crippen LogP contribution in [-0.4, -0.2) is 19.9 Å². The number of furan rings is 1. The predicted molar refractivity (Wildman–Crippen MR) is 258 cm³/mol. The molecule has 0 saturated carbocycles. The van der Waals surface area contributed by atoms with Gasteiger partial charge in [-0.05, 0) is 75.3 Å². The van der Waals surface area contributed by atoms with E-state index in [-0.39, 0.29) is 0 Å². The van der Waals surface area contributed by atoms with Crippen molar-refractivity contribution in [1.29, 1.82) is 0 Å². The van der Waals surface area contributed by atoms with E-state index in [1.165, 1.54) is 38.9 Å². The lowest BCUT2D eigenvalue weighted by Crippen LogP contribution is -2.25. The van der Waals surface area contributed by atoms with Gasteiger partial charge in [0.1, 0.15) is 11.2 Å². The van der Waals surface area contributed by atoms with E-state index in [0.29, 0.717) is 11.6 Å². The van der Waals surface area contributed by atoms with Crippen LogP contribution in [0.5, 0.6) is 0 Å². The Morgan fingerprint density at radius 2 is 0.859 bits per heavy atom. The van der Waals surface area contributed by atoms with E-state index < -0.39 is 5.41 Å². The summed E-state index contributed by atoms with van der Waals surface area (Å²) >= 11 is 0. The zero-order valence-corrected chi connectivity index (χ0v) is 34.3. The van der Waals surface area contributed by atoms with Crippen molar-refractivity contribution in [2.45, 2.75) is 5.41 Å². The Labute approximate surface area is 368 Å². The molecule has 2 aliphatic rings. The van der Waals surface area contributed by atoms with Crippen LogP contribution in [0.4, 0.5) is 0 Å². The molecule has 0 N–H and O–H groups in total. The average Bonchev–Trinajstić information content (AvgIpc) is 4.00. The van der Waals surface area contributed by atoms with Gasteiger partial charge in [-0.3, -0.25) is 0 Å². The van der Waals surface area contributed by atoms with Gasteiger partial charge in [-0.1, -0.05) is 170 Å². The van der Waals surface area contributed by atoms with Gasteiger partial charge in [-0.2, -0.15) is 0 Å². The third kappa shape index (κ3) is 4.83. The van der Waals surface area contributed by atoms with Gasteiger partial charge in [-0.25, -0.2) is 19.9 Å². The number of hydrogen-bond donors (Lipinski definition) is 0. The topological polar surface area (TPSA) is 64.7 Å². The SMILES string of the molecule is c1ccc(-c2nc(-c3ccc4c(c3)C3(c5ccccc5-4)c4ccccc4-c4c3ccc3c4oc4ccc(-c5nc(-c6ccccc6)c6ccccc6n5)cc43)nc3ccccc23)cc1. The summed E-state index contributed by atoms with van der Waals surface area (Å²) in [6.45, 7) is 0. The molecule has 0 fully saturated rings. The Kier molecular flexibility index (Phi) is 7.26. The summed E-state index contributed by atoms with van der Waals surface area (Å²) < 4.78 is 7.01. The summed E-state index contributed by atoms with van der Waals surface area (Å²) in [5.74, 6) is 1.38. The molecule has 0 saturated heterocycles. The highest BCUT2D eigenvalue weighted by molar-refractivity contribution is 6.14. The normalized spacial score (nSPS) is 14.6. The zero-order valence-electron chi connectivity index (χ0n) is 34.3. The fraction of sp³-hybridized carbons (Fsp3) is 0.0169. The maximum absolute atomic E-state index is 7.01. The maximum atomic E-state index is 7.01. The number of aromatic nitrogens is 4. The number of fused-ring (bicyclic) bond motifs is 16. The molecule has 0 radical (unpaired) electrons. The minimum atomic E-state index is -0.599. The average molecular weight is 815 g/mol. The summed E-state index contributed by atoms with van der Waals surface area (Å²) in [4.78, 5) is 20.8. The van der Waals surface area contributed by atoms with Gasteiger partial charge >= 0.3 is 0 Å². The molecular weight excluding hydrogens is 781 g/mol. The van der Waals surface area contributed by atoms with Crippen molar-refractivity contribution in [1.82, 2.24) is 19.9 Å². The van der Waals surface area contributed by atoms with Gasteiger partial charge in [0.2, 0.25) is 0 Å². The van der Waals surface area contributed by atoms with Crippen molar-refractivity contribution in [3.8, 4) is 67.5 Å². The van der Waals surface area contributed by atoms with E-state index in [0.717, 1.165) is 82.9 Å². The Morgan fingerprint density at radius 1 is 0.328 bits per heavy atom. The molecule has 0 bridgehead atoms. The summed E-state index contributed by atoms with van der Waals surface area (Å²) in [6, 6.07) is 72.9. The Morgan fingerprint density at radius 3 is 1.53 bits per heavy atom. The molecule has 12 aromatic rings. The standard InChI is InChI=1S/C59H34N4O/c1-3-15-35(16-4-1)54-43-21-9-13-25-50(43)60-57(62-54)37-28-32-52-45(33-37)41-30-31-48-53(56(41)64-52)42-20-8-12-24-47(42)59(48)46-23-11-7-19-39(46)40-29-27-38(34-49(40)59)58-61-51-26-14-10-22-44(51)55(63-58)36-17-5-2-6-18-36/h1-34H.